The number of carbonyl (C=O) groups excluding carboxylic acids is 1. The summed E-state index contributed by atoms with van der Waals surface area (Å²) in [4.78, 5) is 11.8. The van der Waals surface area contributed by atoms with Crippen molar-refractivity contribution in [3.8, 4) is 0 Å². The van der Waals surface area contributed by atoms with Crippen LogP contribution < -0.4 is 11.1 Å². The van der Waals surface area contributed by atoms with E-state index >= 15 is 0 Å². The maximum absolute atomic E-state index is 11.8. The molecule has 0 radical (unpaired) electrons. The number of carbonyl (C=O) groups is 1. The normalized spacial score (nSPS) is 25.3. The summed E-state index contributed by atoms with van der Waals surface area (Å²) in [6.45, 7) is 0. The zero-order chi connectivity index (χ0) is 11.4. The molecule has 0 bridgehead atoms. The predicted octanol–water partition coefficient (Wildman–Crippen LogP) is 2.59. The summed E-state index contributed by atoms with van der Waals surface area (Å²) in [6, 6.07) is 2.13. The van der Waals surface area contributed by atoms with Crippen LogP contribution in [0.15, 0.2) is 16.8 Å². The van der Waals surface area contributed by atoms with Gasteiger partial charge in [-0.25, -0.2) is 0 Å². The molecule has 1 saturated carbocycles. The fraction of sp³-hybridized carbons (Fsp3) is 0.583. The Morgan fingerprint density at radius 3 is 3.00 bits per heavy atom. The van der Waals surface area contributed by atoms with Crippen molar-refractivity contribution in [2.45, 2.75) is 38.1 Å². The second-order valence-corrected chi connectivity index (χ2v) is 5.25. The zero-order valence-corrected chi connectivity index (χ0v) is 10.1. The topological polar surface area (TPSA) is 55.1 Å². The average molecular weight is 238 g/mol. The molecular formula is C12H18N2OS. The summed E-state index contributed by atoms with van der Waals surface area (Å²) in [5.74, 6) is 0.466. The Balaban J connectivity index is 1.82. The average Bonchev–Trinajstić information content (AvgIpc) is 2.74. The second-order valence-electron chi connectivity index (χ2n) is 4.47. The maximum atomic E-state index is 11.8. The van der Waals surface area contributed by atoms with Crippen molar-refractivity contribution in [2.75, 3.05) is 5.32 Å². The van der Waals surface area contributed by atoms with Gasteiger partial charge in [-0.05, 0) is 30.2 Å². The largest absolute Gasteiger partial charge is 0.327 e. The summed E-state index contributed by atoms with van der Waals surface area (Å²) in [5.41, 5.74) is 6.92. The lowest BCUT2D eigenvalue weighted by molar-refractivity contribution is -0.117. The molecule has 0 aliphatic heterocycles. The number of anilines is 1. The summed E-state index contributed by atoms with van der Waals surface area (Å²) in [5, 5.41) is 6.81. The van der Waals surface area contributed by atoms with Crippen LogP contribution in [0, 0.1) is 5.92 Å². The Morgan fingerprint density at radius 1 is 1.50 bits per heavy atom. The van der Waals surface area contributed by atoms with Crippen LogP contribution in [0.2, 0.25) is 0 Å². The monoisotopic (exact) mass is 238 g/mol. The molecule has 4 heteroatoms. The van der Waals surface area contributed by atoms with Gasteiger partial charge in [0.2, 0.25) is 5.91 Å². The maximum Gasteiger partial charge on any atom is 0.224 e. The molecule has 1 aliphatic rings. The SMILES string of the molecule is NC1CCCCC1CC(=O)Nc1ccsc1. The number of thiophene rings is 1. The summed E-state index contributed by atoms with van der Waals surface area (Å²) in [6.07, 6.45) is 5.15. The zero-order valence-electron chi connectivity index (χ0n) is 9.32. The van der Waals surface area contributed by atoms with Crippen LogP contribution in [0.25, 0.3) is 0 Å². The molecule has 1 amide bonds. The van der Waals surface area contributed by atoms with Crippen molar-refractivity contribution < 1.29 is 4.79 Å². The fourth-order valence-electron chi connectivity index (χ4n) is 2.28. The molecule has 2 atom stereocenters. The van der Waals surface area contributed by atoms with E-state index in [0.29, 0.717) is 12.3 Å². The van der Waals surface area contributed by atoms with E-state index in [4.69, 9.17) is 5.73 Å². The predicted molar refractivity (Wildman–Crippen MR) is 67.5 cm³/mol. The molecule has 1 aromatic rings. The van der Waals surface area contributed by atoms with E-state index in [1.54, 1.807) is 11.3 Å². The van der Waals surface area contributed by atoms with Crippen molar-refractivity contribution in [3.63, 3.8) is 0 Å². The van der Waals surface area contributed by atoms with E-state index in [0.717, 1.165) is 18.5 Å². The molecule has 1 aliphatic carbocycles. The standard InChI is InChI=1S/C12H18N2OS/c13-11-4-2-1-3-9(11)7-12(15)14-10-5-6-16-8-10/h5-6,8-9,11H,1-4,7,13H2,(H,14,15). The lowest BCUT2D eigenvalue weighted by Gasteiger charge is -2.27. The van der Waals surface area contributed by atoms with Crippen LogP contribution in [-0.4, -0.2) is 11.9 Å². The van der Waals surface area contributed by atoms with Gasteiger partial charge < -0.3 is 11.1 Å². The van der Waals surface area contributed by atoms with E-state index in [-0.39, 0.29) is 11.9 Å². The molecule has 16 heavy (non-hydrogen) atoms. The van der Waals surface area contributed by atoms with Crippen LogP contribution in [-0.2, 0) is 4.79 Å². The van der Waals surface area contributed by atoms with Crippen molar-refractivity contribution in [2.24, 2.45) is 11.7 Å². The molecule has 0 spiro atoms. The van der Waals surface area contributed by atoms with Crippen LogP contribution >= 0.6 is 11.3 Å². The van der Waals surface area contributed by atoms with Gasteiger partial charge in [0.25, 0.3) is 0 Å². The van der Waals surface area contributed by atoms with Crippen LogP contribution in [0.4, 0.5) is 5.69 Å². The number of hydrogen-bond donors (Lipinski definition) is 2. The lowest BCUT2D eigenvalue weighted by Crippen LogP contribution is -2.35. The highest BCUT2D eigenvalue weighted by Crippen LogP contribution is 2.26. The number of hydrogen-bond acceptors (Lipinski definition) is 3. The van der Waals surface area contributed by atoms with Crippen LogP contribution in [0.3, 0.4) is 0 Å². The molecule has 1 fully saturated rings. The van der Waals surface area contributed by atoms with Gasteiger partial charge in [0.05, 0.1) is 5.69 Å². The minimum absolute atomic E-state index is 0.0979. The minimum atomic E-state index is 0.0979. The molecule has 2 unspecified atom stereocenters. The highest BCUT2D eigenvalue weighted by molar-refractivity contribution is 7.08. The summed E-state index contributed by atoms with van der Waals surface area (Å²) in [7, 11) is 0. The van der Waals surface area contributed by atoms with E-state index in [1.165, 1.54) is 12.8 Å². The van der Waals surface area contributed by atoms with Gasteiger partial charge in [-0.15, -0.1) is 0 Å². The Morgan fingerprint density at radius 2 is 2.31 bits per heavy atom. The van der Waals surface area contributed by atoms with Gasteiger partial charge in [0.1, 0.15) is 0 Å². The van der Waals surface area contributed by atoms with Gasteiger partial charge >= 0.3 is 0 Å². The molecule has 0 saturated heterocycles. The van der Waals surface area contributed by atoms with E-state index < -0.39 is 0 Å². The molecule has 1 aromatic heterocycles. The first kappa shape index (κ1) is 11.6. The third-order valence-corrected chi connectivity index (χ3v) is 3.90. The van der Waals surface area contributed by atoms with Crippen molar-refractivity contribution in [1.82, 2.24) is 0 Å². The third kappa shape index (κ3) is 3.06. The van der Waals surface area contributed by atoms with Gasteiger partial charge in [-0.1, -0.05) is 12.8 Å². The first-order valence-corrected chi connectivity index (χ1v) is 6.77. The van der Waals surface area contributed by atoms with Crippen molar-refractivity contribution in [3.05, 3.63) is 16.8 Å². The van der Waals surface area contributed by atoms with E-state index in [9.17, 15) is 4.79 Å². The number of rotatable bonds is 3. The Bertz CT molecular complexity index is 337. The Hall–Kier alpha value is -0.870. The molecule has 1 heterocycles. The highest BCUT2D eigenvalue weighted by Gasteiger charge is 2.24. The van der Waals surface area contributed by atoms with Gasteiger partial charge in [0, 0.05) is 17.8 Å². The quantitative estimate of drug-likeness (QED) is 0.850. The molecule has 0 aromatic carbocycles. The molecule has 2 rings (SSSR count). The first-order chi connectivity index (χ1) is 7.75. The highest BCUT2D eigenvalue weighted by atomic mass is 32.1. The Kier molecular flexibility index (Phi) is 3.96. The van der Waals surface area contributed by atoms with Crippen molar-refractivity contribution >= 4 is 22.9 Å². The minimum Gasteiger partial charge on any atom is -0.327 e. The second kappa shape index (κ2) is 5.46. The number of nitrogens with two attached hydrogens (primary N) is 1. The van der Waals surface area contributed by atoms with Gasteiger partial charge in [-0.2, -0.15) is 11.3 Å². The van der Waals surface area contributed by atoms with Crippen molar-refractivity contribution in [1.29, 1.82) is 0 Å². The Labute approximate surface area is 100 Å². The van der Waals surface area contributed by atoms with Crippen LogP contribution in [0.1, 0.15) is 32.1 Å². The number of nitrogens with one attached hydrogen (secondary N) is 1. The molecule has 88 valence electrons. The fourth-order valence-corrected chi connectivity index (χ4v) is 2.86. The summed E-state index contributed by atoms with van der Waals surface area (Å²) >= 11 is 1.59. The first-order valence-electron chi connectivity index (χ1n) is 5.83. The van der Waals surface area contributed by atoms with Gasteiger partial charge in [-0.3, -0.25) is 4.79 Å². The van der Waals surface area contributed by atoms with E-state index in [2.05, 4.69) is 5.32 Å². The third-order valence-electron chi connectivity index (χ3n) is 3.22. The van der Waals surface area contributed by atoms with E-state index in [1.807, 2.05) is 16.8 Å². The summed E-state index contributed by atoms with van der Waals surface area (Å²) < 4.78 is 0. The molecule has 3 N–H and O–H groups in total. The smallest absolute Gasteiger partial charge is 0.224 e. The van der Waals surface area contributed by atoms with Gasteiger partial charge in [0.15, 0.2) is 0 Å². The number of amides is 1. The molecular weight excluding hydrogens is 220 g/mol. The molecule has 3 nitrogen and oxygen atoms in total. The lowest BCUT2D eigenvalue weighted by atomic mass is 9.83. The van der Waals surface area contributed by atoms with Crippen LogP contribution in [0.5, 0.6) is 0 Å².